The van der Waals surface area contributed by atoms with Crippen LogP contribution in [0.5, 0.6) is 0 Å². The molecule has 206 valence electrons. The van der Waals surface area contributed by atoms with E-state index in [-0.39, 0.29) is 42.2 Å². The smallest absolute Gasteiger partial charge is 0.282 e. The van der Waals surface area contributed by atoms with Gasteiger partial charge >= 0.3 is 0 Å². The number of benzene rings is 1. The van der Waals surface area contributed by atoms with Crippen molar-refractivity contribution in [2.24, 2.45) is 5.92 Å². The molecule has 1 aromatic heterocycles. The van der Waals surface area contributed by atoms with Crippen molar-refractivity contribution in [1.29, 1.82) is 0 Å². The van der Waals surface area contributed by atoms with Crippen LogP contribution in [0, 0.1) is 11.7 Å². The Labute approximate surface area is 222 Å². The van der Waals surface area contributed by atoms with Gasteiger partial charge in [0.05, 0.1) is 23.3 Å². The lowest BCUT2D eigenvalue weighted by Gasteiger charge is -2.36. The molecule has 2 unspecified atom stereocenters. The molecule has 2 aliphatic rings. The number of hydrogen-bond acceptors (Lipinski definition) is 5. The standard InChI is InChI=1S/C26H29ClF5N5O/c1-3-26(31,32)20-13-37(10-9-33-20)21(38)8-7-15-11-18-19(12-15)35-25(27)36-24(18)34-14(2)16-5-4-6-17(22(16)28)23(29)30/h3-6,14-15,20,23,33H,1,7-13H2,2H3,(H,34,35,36)/t14-,15?,20?/m1/s1. The fourth-order valence-electron chi connectivity index (χ4n) is 5.06. The Bertz CT molecular complexity index is 1200. The maximum absolute atomic E-state index is 14.7. The lowest BCUT2D eigenvalue weighted by atomic mass is 9.99. The van der Waals surface area contributed by atoms with Crippen molar-refractivity contribution in [3.05, 3.63) is 64.3 Å². The van der Waals surface area contributed by atoms with Gasteiger partial charge in [-0.2, -0.15) is 0 Å². The molecular formula is C26H29ClF5N5O. The number of fused-ring (bicyclic) bond motifs is 1. The van der Waals surface area contributed by atoms with Gasteiger partial charge in [0.2, 0.25) is 11.2 Å². The van der Waals surface area contributed by atoms with Gasteiger partial charge in [0.1, 0.15) is 11.6 Å². The second-order valence-corrected chi connectivity index (χ2v) is 10.1. The highest BCUT2D eigenvalue weighted by molar-refractivity contribution is 6.28. The lowest BCUT2D eigenvalue weighted by Crippen LogP contribution is -2.58. The number of carbonyl (C=O) groups is 1. The van der Waals surface area contributed by atoms with Crippen LogP contribution in [0.25, 0.3) is 0 Å². The summed E-state index contributed by atoms with van der Waals surface area (Å²) in [4.78, 5) is 22.8. The van der Waals surface area contributed by atoms with Gasteiger partial charge in [-0.3, -0.25) is 4.79 Å². The Morgan fingerprint density at radius 2 is 2.05 bits per heavy atom. The molecule has 1 aliphatic carbocycles. The Hall–Kier alpha value is -2.79. The van der Waals surface area contributed by atoms with E-state index in [4.69, 9.17) is 11.6 Å². The first-order chi connectivity index (χ1) is 18.0. The van der Waals surface area contributed by atoms with Crippen molar-refractivity contribution in [2.45, 2.75) is 57.0 Å². The quantitative estimate of drug-likeness (QED) is 0.242. The normalized spacial score (nSPS) is 20.4. The van der Waals surface area contributed by atoms with Crippen LogP contribution < -0.4 is 10.6 Å². The molecule has 6 nitrogen and oxygen atoms in total. The van der Waals surface area contributed by atoms with Gasteiger partial charge in [0, 0.05) is 37.2 Å². The van der Waals surface area contributed by atoms with E-state index in [2.05, 4.69) is 27.2 Å². The predicted molar refractivity (Wildman–Crippen MR) is 134 cm³/mol. The first kappa shape index (κ1) is 28.2. The van der Waals surface area contributed by atoms with Crippen LogP contribution in [0.15, 0.2) is 30.9 Å². The molecule has 1 amide bonds. The van der Waals surface area contributed by atoms with Crippen LogP contribution in [-0.4, -0.2) is 52.4 Å². The predicted octanol–water partition coefficient (Wildman–Crippen LogP) is 5.50. The monoisotopic (exact) mass is 557 g/mol. The maximum atomic E-state index is 14.7. The van der Waals surface area contributed by atoms with E-state index < -0.39 is 35.8 Å². The highest BCUT2D eigenvalue weighted by Gasteiger charge is 2.40. The Kier molecular flexibility index (Phi) is 8.56. The number of alkyl halides is 4. The maximum Gasteiger partial charge on any atom is 0.282 e. The molecular weight excluding hydrogens is 529 g/mol. The van der Waals surface area contributed by atoms with Crippen molar-refractivity contribution in [3.8, 4) is 0 Å². The van der Waals surface area contributed by atoms with Crippen LogP contribution >= 0.6 is 11.6 Å². The molecule has 2 N–H and O–H groups in total. The Balaban J connectivity index is 1.40. The van der Waals surface area contributed by atoms with Gasteiger partial charge in [-0.1, -0.05) is 24.8 Å². The van der Waals surface area contributed by atoms with Gasteiger partial charge in [-0.05, 0) is 49.8 Å². The van der Waals surface area contributed by atoms with E-state index in [1.165, 1.54) is 17.0 Å². The number of nitrogens with zero attached hydrogens (tertiary/aromatic N) is 3. The summed E-state index contributed by atoms with van der Waals surface area (Å²) in [6.45, 7) is 5.35. The number of nitrogens with one attached hydrogen (secondary N) is 2. The summed E-state index contributed by atoms with van der Waals surface area (Å²) in [5.41, 5.74) is 0.877. The third kappa shape index (κ3) is 6.09. The molecule has 1 saturated heterocycles. The summed E-state index contributed by atoms with van der Waals surface area (Å²) in [7, 11) is 0. The number of aromatic nitrogens is 2. The SMILES string of the molecule is C=CC(F)(F)C1CN(C(=O)CCC2Cc3nc(Cl)nc(N[C@H](C)c4cccc(C(F)F)c4F)c3C2)CCN1. The topological polar surface area (TPSA) is 70.2 Å². The minimum Gasteiger partial charge on any atom is -0.363 e. The zero-order chi connectivity index (χ0) is 27.6. The molecule has 1 aromatic carbocycles. The van der Waals surface area contributed by atoms with Crippen LogP contribution in [-0.2, 0) is 17.6 Å². The van der Waals surface area contributed by atoms with Gasteiger partial charge in [0.25, 0.3) is 12.3 Å². The Morgan fingerprint density at radius 3 is 2.76 bits per heavy atom. The number of rotatable bonds is 9. The Morgan fingerprint density at radius 1 is 1.32 bits per heavy atom. The average Bonchev–Trinajstić information content (AvgIpc) is 3.30. The van der Waals surface area contributed by atoms with E-state index in [1.54, 1.807) is 6.92 Å². The number of halogens is 6. The third-order valence-corrected chi connectivity index (χ3v) is 7.35. The van der Waals surface area contributed by atoms with Crippen LogP contribution in [0.2, 0.25) is 5.28 Å². The summed E-state index contributed by atoms with van der Waals surface area (Å²) in [6, 6.07) is 2.00. The molecule has 1 fully saturated rings. The van der Waals surface area contributed by atoms with E-state index in [0.29, 0.717) is 43.4 Å². The van der Waals surface area contributed by atoms with E-state index >= 15 is 0 Å². The van der Waals surface area contributed by atoms with E-state index in [0.717, 1.165) is 11.6 Å². The summed E-state index contributed by atoms with van der Waals surface area (Å²) >= 11 is 6.12. The summed E-state index contributed by atoms with van der Waals surface area (Å²) in [5, 5.41) is 5.82. The molecule has 3 atom stereocenters. The van der Waals surface area contributed by atoms with E-state index in [9.17, 15) is 26.7 Å². The summed E-state index contributed by atoms with van der Waals surface area (Å²) < 4.78 is 69.0. The molecule has 0 spiro atoms. The first-order valence-corrected chi connectivity index (χ1v) is 12.8. The van der Waals surface area contributed by atoms with Crippen molar-refractivity contribution >= 4 is 23.3 Å². The molecule has 1 aliphatic heterocycles. The van der Waals surface area contributed by atoms with Crippen LogP contribution in [0.3, 0.4) is 0 Å². The molecule has 38 heavy (non-hydrogen) atoms. The summed E-state index contributed by atoms with van der Waals surface area (Å²) in [6.07, 6.45) is -0.559. The number of piperazine rings is 1. The highest BCUT2D eigenvalue weighted by atomic mass is 35.5. The van der Waals surface area contributed by atoms with Crippen molar-refractivity contribution in [3.63, 3.8) is 0 Å². The molecule has 2 aromatic rings. The molecule has 0 radical (unpaired) electrons. The largest absolute Gasteiger partial charge is 0.363 e. The van der Waals surface area contributed by atoms with Crippen molar-refractivity contribution in [1.82, 2.24) is 20.2 Å². The number of anilines is 1. The third-order valence-electron chi connectivity index (χ3n) is 7.18. The van der Waals surface area contributed by atoms with Gasteiger partial charge in [-0.25, -0.2) is 31.9 Å². The first-order valence-electron chi connectivity index (χ1n) is 12.4. The second-order valence-electron chi connectivity index (χ2n) is 9.72. The summed E-state index contributed by atoms with van der Waals surface area (Å²) in [5.74, 6) is -3.85. The number of carbonyl (C=O) groups excluding carboxylic acids is 1. The fourth-order valence-corrected chi connectivity index (χ4v) is 5.24. The molecule has 0 bridgehead atoms. The zero-order valence-electron chi connectivity index (χ0n) is 20.8. The molecule has 0 saturated carbocycles. The van der Waals surface area contributed by atoms with Gasteiger partial charge in [0.15, 0.2) is 0 Å². The van der Waals surface area contributed by atoms with E-state index in [1.807, 2.05) is 0 Å². The zero-order valence-corrected chi connectivity index (χ0v) is 21.5. The van der Waals surface area contributed by atoms with Crippen molar-refractivity contribution < 1.29 is 26.7 Å². The average molecular weight is 558 g/mol. The molecule has 12 heteroatoms. The van der Waals surface area contributed by atoms with Crippen LogP contribution in [0.4, 0.5) is 27.8 Å². The highest BCUT2D eigenvalue weighted by Crippen LogP contribution is 2.36. The minimum absolute atomic E-state index is 0.00742. The minimum atomic E-state index is -3.12. The van der Waals surface area contributed by atoms with Gasteiger partial charge in [-0.15, -0.1) is 0 Å². The second kappa shape index (κ2) is 11.5. The van der Waals surface area contributed by atoms with Crippen molar-refractivity contribution in [2.75, 3.05) is 25.0 Å². The number of hydrogen-bond donors (Lipinski definition) is 2. The van der Waals surface area contributed by atoms with Crippen LogP contribution in [0.1, 0.15) is 54.6 Å². The molecule has 4 rings (SSSR count). The lowest BCUT2D eigenvalue weighted by molar-refractivity contribution is -0.134. The van der Waals surface area contributed by atoms with Gasteiger partial charge < -0.3 is 15.5 Å². The fraction of sp³-hybridized carbons (Fsp3) is 0.500. The molecule has 2 heterocycles. The number of amides is 1.